The lowest BCUT2D eigenvalue weighted by molar-refractivity contribution is -0.432. The van der Waals surface area contributed by atoms with Gasteiger partial charge in [-0.05, 0) is 47.9 Å². The number of hydrogen-bond acceptors (Lipinski definition) is 15. The molecular weight excluding hydrogens is 582 g/mol. The third-order valence-electron chi connectivity index (χ3n) is 5.48. The Balaban J connectivity index is 1.85. The van der Waals surface area contributed by atoms with Crippen LogP contribution in [0.5, 0.6) is 23.0 Å². The van der Waals surface area contributed by atoms with Crippen LogP contribution < -0.4 is 15.2 Å². The Morgan fingerprint density at radius 3 is 2.07 bits per heavy atom. The Hall–Kier alpha value is -4.52. The summed E-state index contributed by atoms with van der Waals surface area (Å²) in [6.07, 6.45) is 0. The van der Waals surface area contributed by atoms with Crippen molar-refractivity contribution in [2.45, 2.75) is 9.79 Å². The van der Waals surface area contributed by atoms with Gasteiger partial charge in [0.1, 0.15) is 28.5 Å². The van der Waals surface area contributed by atoms with Crippen LogP contribution in [-0.2, 0) is 19.5 Å². The van der Waals surface area contributed by atoms with Crippen molar-refractivity contribution < 1.29 is 47.3 Å². The van der Waals surface area contributed by atoms with Gasteiger partial charge in [-0.15, -0.1) is 24.8 Å². The van der Waals surface area contributed by atoms with Gasteiger partial charge in [0, 0.05) is 23.2 Å². The van der Waals surface area contributed by atoms with Gasteiger partial charge in [0.25, 0.3) is 10.1 Å². The van der Waals surface area contributed by atoms with E-state index in [4.69, 9.17) is 20.5 Å². The Labute approximate surface area is 236 Å². The van der Waals surface area contributed by atoms with E-state index in [-0.39, 0.29) is 44.9 Å². The zero-order valence-corrected chi connectivity index (χ0v) is 22.8. The molecule has 0 aliphatic heterocycles. The minimum atomic E-state index is -4.58. The first-order chi connectivity index (χ1) is 19.5. The molecule has 0 aliphatic rings. The van der Waals surface area contributed by atoms with Crippen LogP contribution in [0, 0.1) is 0 Å². The van der Waals surface area contributed by atoms with Crippen LogP contribution in [0.15, 0.2) is 84.8 Å². The fourth-order valence-electron chi connectivity index (χ4n) is 3.56. The number of phenols is 2. The average Bonchev–Trinajstić information content (AvgIpc) is 2.94. The lowest BCUT2D eigenvalue weighted by Gasteiger charge is -2.11. The SMILES string of the molecule is COc1cc(N=Nc2cc(S(=O)(=O)O)ccc2O)c(N=Nc2c(SOOO)cc3cc(N)ccc3c2O)cc1OC. The molecule has 0 unspecified atom stereocenters. The Morgan fingerprint density at radius 1 is 0.829 bits per heavy atom. The molecule has 0 aliphatic carbocycles. The third-order valence-corrected chi connectivity index (χ3v) is 6.95. The summed E-state index contributed by atoms with van der Waals surface area (Å²) in [5.41, 5.74) is 6.02. The molecule has 17 heteroatoms. The molecule has 0 amide bonds. The zero-order valence-electron chi connectivity index (χ0n) is 21.1. The molecule has 4 aromatic rings. The van der Waals surface area contributed by atoms with Crippen molar-refractivity contribution in [1.29, 1.82) is 0 Å². The van der Waals surface area contributed by atoms with Crippen molar-refractivity contribution in [3.63, 3.8) is 0 Å². The van der Waals surface area contributed by atoms with E-state index in [0.29, 0.717) is 28.5 Å². The molecule has 0 saturated carbocycles. The molecule has 0 saturated heterocycles. The minimum absolute atomic E-state index is 0.0280. The summed E-state index contributed by atoms with van der Waals surface area (Å²) in [6.45, 7) is 0. The topological polar surface area (TPSA) is 227 Å². The summed E-state index contributed by atoms with van der Waals surface area (Å²) in [5.74, 6) is -0.237. The van der Waals surface area contributed by atoms with Crippen molar-refractivity contribution in [3.05, 3.63) is 54.6 Å². The molecule has 0 radical (unpaired) electrons. The maximum Gasteiger partial charge on any atom is 0.294 e. The average molecular weight is 604 g/mol. The zero-order chi connectivity index (χ0) is 29.7. The van der Waals surface area contributed by atoms with Gasteiger partial charge in [-0.3, -0.25) is 4.55 Å². The van der Waals surface area contributed by atoms with Crippen molar-refractivity contribution in [2.75, 3.05) is 20.0 Å². The molecule has 15 nitrogen and oxygen atoms in total. The molecule has 214 valence electrons. The first-order valence-corrected chi connectivity index (χ1v) is 13.3. The molecule has 6 N–H and O–H groups in total. The number of azo groups is 2. The van der Waals surface area contributed by atoms with Gasteiger partial charge in [-0.25, -0.2) is 5.26 Å². The number of ether oxygens (including phenoxy) is 2. The molecule has 0 aromatic heterocycles. The molecule has 41 heavy (non-hydrogen) atoms. The minimum Gasteiger partial charge on any atom is -0.506 e. The van der Waals surface area contributed by atoms with E-state index in [2.05, 4.69) is 29.8 Å². The third kappa shape index (κ3) is 6.62. The molecule has 0 spiro atoms. The summed E-state index contributed by atoms with van der Waals surface area (Å²) in [7, 11) is -1.80. The van der Waals surface area contributed by atoms with Crippen LogP contribution in [-0.4, -0.2) is 42.7 Å². The van der Waals surface area contributed by atoms with Gasteiger partial charge in [0.05, 0.1) is 36.1 Å². The van der Waals surface area contributed by atoms with Crippen LogP contribution in [0.2, 0.25) is 0 Å². The maximum atomic E-state index is 11.5. The first kappa shape index (κ1) is 29.5. The van der Waals surface area contributed by atoms with Crippen molar-refractivity contribution in [3.8, 4) is 23.0 Å². The highest BCUT2D eigenvalue weighted by molar-refractivity contribution is 7.94. The Morgan fingerprint density at radius 2 is 1.46 bits per heavy atom. The van der Waals surface area contributed by atoms with Crippen LogP contribution in [0.1, 0.15) is 0 Å². The van der Waals surface area contributed by atoms with Crippen LogP contribution in [0.3, 0.4) is 0 Å². The summed E-state index contributed by atoms with van der Waals surface area (Å²) in [6, 6.07) is 12.1. The van der Waals surface area contributed by atoms with Crippen LogP contribution in [0.25, 0.3) is 10.8 Å². The number of benzene rings is 4. The van der Waals surface area contributed by atoms with E-state index >= 15 is 0 Å². The van der Waals surface area contributed by atoms with E-state index in [1.165, 1.54) is 26.4 Å². The lowest BCUT2D eigenvalue weighted by atomic mass is 10.1. The van der Waals surface area contributed by atoms with Crippen molar-refractivity contribution in [2.24, 2.45) is 20.5 Å². The summed E-state index contributed by atoms with van der Waals surface area (Å²) >= 11 is 0.537. The number of phenolic OH excluding ortho intramolecular Hbond substituents is 2. The number of methoxy groups -OCH3 is 2. The van der Waals surface area contributed by atoms with Gasteiger partial charge in [-0.1, -0.05) is 5.04 Å². The fourth-order valence-corrected chi connectivity index (χ4v) is 4.55. The molecule has 4 aromatic carbocycles. The van der Waals surface area contributed by atoms with Gasteiger partial charge in [0.2, 0.25) is 0 Å². The highest BCUT2D eigenvalue weighted by Crippen LogP contribution is 2.46. The van der Waals surface area contributed by atoms with Crippen molar-refractivity contribution in [1.82, 2.24) is 0 Å². The molecular formula is C24H21N5O10S2. The molecule has 0 heterocycles. The predicted octanol–water partition coefficient (Wildman–Crippen LogP) is 6.36. The molecule has 0 atom stereocenters. The number of nitrogens with two attached hydrogens (primary N) is 1. The number of rotatable bonds is 10. The normalized spacial score (nSPS) is 12.0. The number of nitrogens with zero attached hydrogens (tertiary/aromatic N) is 4. The second kappa shape index (κ2) is 12.3. The second-order valence-corrected chi connectivity index (χ2v) is 10.2. The quantitative estimate of drug-likeness (QED) is 0.0333. The van der Waals surface area contributed by atoms with Gasteiger partial charge in [-0.2, -0.15) is 8.42 Å². The monoisotopic (exact) mass is 603 g/mol. The van der Waals surface area contributed by atoms with Crippen molar-refractivity contribution >= 4 is 61.4 Å². The molecule has 4 rings (SSSR count). The van der Waals surface area contributed by atoms with Gasteiger partial charge in [0.15, 0.2) is 17.2 Å². The molecule has 0 fully saturated rings. The Kier molecular flexibility index (Phi) is 8.86. The Bertz CT molecular complexity index is 1780. The number of aromatic hydroxyl groups is 2. The summed E-state index contributed by atoms with van der Waals surface area (Å²) in [5, 5.41) is 50.6. The standard InChI is InChI=1S/C24H21N5O10S2/c1-36-20-10-16(26-28-18-9-14(41(33,34)35)4-6-19(18)30)17(11-21(20)37-2)27-29-23-22(40-39-38-32)8-12-7-13(25)3-5-15(12)24(23)31/h3-11,30-32H,25H2,1-2H3,(H,33,34,35). The van der Waals surface area contributed by atoms with E-state index in [1.807, 2.05) is 0 Å². The smallest absolute Gasteiger partial charge is 0.294 e. The maximum absolute atomic E-state index is 11.5. The van der Waals surface area contributed by atoms with Gasteiger partial charge >= 0.3 is 0 Å². The predicted molar refractivity (Wildman–Crippen MR) is 147 cm³/mol. The summed E-state index contributed by atoms with van der Waals surface area (Å²) < 4.78 is 47.5. The second-order valence-electron chi connectivity index (χ2n) is 8.00. The number of anilines is 1. The van der Waals surface area contributed by atoms with Crippen LogP contribution >= 0.6 is 12.0 Å². The van der Waals surface area contributed by atoms with E-state index < -0.39 is 20.8 Å². The number of nitrogen functional groups attached to an aromatic ring is 1. The number of hydrogen-bond donors (Lipinski definition) is 5. The van der Waals surface area contributed by atoms with Crippen LogP contribution in [0.4, 0.5) is 28.4 Å². The highest BCUT2D eigenvalue weighted by atomic mass is 32.2. The highest BCUT2D eigenvalue weighted by Gasteiger charge is 2.17. The molecule has 0 bridgehead atoms. The summed E-state index contributed by atoms with van der Waals surface area (Å²) in [4.78, 5) is -0.321. The number of fused-ring (bicyclic) bond motifs is 1. The van der Waals surface area contributed by atoms with E-state index in [0.717, 1.165) is 18.2 Å². The van der Waals surface area contributed by atoms with E-state index in [1.54, 1.807) is 24.3 Å². The fraction of sp³-hybridized carbons (Fsp3) is 0.0833. The lowest BCUT2D eigenvalue weighted by Crippen LogP contribution is -1.96. The van der Waals surface area contributed by atoms with Gasteiger partial charge < -0.3 is 25.4 Å². The van der Waals surface area contributed by atoms with E-state index in [9.17, 15) is 23.2 Å². The largest absolute Gasteiger partial charge is 0.506 e. The first-order valence-electron chi connectivity index (χ1n) is 11.2.